The lowest BCUT2D eigenvalue weighted by Crippen LogP contribution is -2.29. The van der Waals surface area contributed by atoms with Crippen LogP contribution in [0.2, 0.25) is 0 Å². The van der Waals surface area contributed by atoms with E-state index in [4.69, 9.17) is 8.42 Å². The minimum Gasteiger partial charge on any atom is -0.382 e. The number of nitro groups is 1. The molecule has 1 aliphatic rings. The van der Waals surface area contributed by atoms with Gasteiger partial charge in [0.05, 0.1) is 21.7 Å². The summed E-state index contributed by atoms with van der Waals surface area (Å²) in [6.07, 6.45) is 2.27. The van der Waals surface area contributed by atoms with Crippen molar-refractivity contribution in [3.05, 3.63) is 99.7 Å². The number of nitro benzene ring substituents is 1. The van der Waals surface area contributed by atoms with Crippen molar-refractivity contribution in [2.24, 2.45) is 0 Å². The maximum atomic E-state index is 11.9. The average Bonchev–Trinajstić information content (AvgIpc) is 3.28. The van der Waals surface area contributed by atoms with Crippen LogP contribution in [0.5, 0.6) is 0 Å². The molecule has 186 valence electrons. The summed E-state index contributed by atoms with van der Waals surface area (Å²) in [5.41, 5.74) is 4.77. The van der Waals surface area contributed by atoms with Crippen molar-refractivity contribution in [1.82, 2.24) is 4.57 Å². The number of anilines is 1. The van der Waals surface area contributed by atoms with E-state index in [-0.39, 0.29) is 5.69 Å². The van der Waals surface area contributed by atoms with Gasteiger partial charge in [-0.25, -0.2) is 0 Å². The molecule has 0 aliphatic carbocycles. The Hall–Kier alpha value is -3.82. The van der Waals surface area contributed by atoms with Crippen LogP contribution in [-0.2, 0) is 11.6 Å². The average molecular weight is 506 g/mol. The third-order valence-corrected chi connectivity index (χ3v) is 6.51. The van der Waals surface area contributed by atoms with E-state index in [1.54, 1.807) is 12.1 Å². The summed E-state index contributed by atoms with van der Waals surface area (Å²) >= 11 is -0.750. The normalized spacial score (nSPS) is 14.1. The Morgan fingerprint density at radius 2 is 1.61 bits per heavy atom. The van der Waals surface area contributed by atoms with Gasteiger partial charge >= 0.3 is 11.6 Å². The number of piperidine rings is 1. The first-order valence-corrected chi connectivity index (χ1v) is 12.4. The number of aliphatic hydroxyl groups excluding tert-OH is 1. The fourth-order valence-electron chi connectivity index (χ4n) is 4.83. The Morgan fingerprint density at radius 3 is 2.28 bits per heavy atom. The third-order valence-electron chi connectivity index (χ3n) is 6.51. The number of aliphatic hydroxyl groups is 1. The summed E-state index contributed by atoms with van der Waals surface area (Å²) in [5.74, 6) is 0. The van der Waals surface area contributed by atoms with E-state index in [1.807, 2.05) is 60.0 Å². The van der Waals surface area contributed by atoms with E-state index in [1.165, 1.54) is 12.5 Å². The molecule has 0 radical (unpaired) electrons. The van der Waals surface area contributed by atoms with Crippen molar-refractivity contribution in [1.29, 1.82) is 0 Å². The van der Waals surface area contributed by atoms with E-state index >= 15 is 0 Å². The molecule has 1 fully saturated rings. The summed E-state index contributed by atoms with van der Waals surface area (Å²) in [7, 11) is 0. The topological polar surface area (TPSA) is 106 Å². The molecule has 0 spiro atoms. The van der Waals surface area contributed by atoms with E-state index < -0.39 is 22.6 Å². The maximum absolute atomic E-state index is 11.9. The fourth-order valence-corrected chi connectivity index (χ4v) is 4.83. The highest BCUT2D eigenvalue weighted by molar-refractivity contribution is 7.51. The van der Waals surface area contributed by atoms with Gasteiger partial charge in [-0.3, -0.25) is 10.1 Å². The first-order chi connectivity index (χ1) is 17.4. The molecule has 2 heterocycles. The second-order valence-electron chi connectivity index (χ2n) is 8.82. The molecule has 0 amide bonds. The molecular formula is C27H27N3O5S. The number of rotatable bonds is 5. The number of hydrogen-bond acceptors (Lipinski definition) is 6. The molecule has 1 unspecified atom stereocenters. The van der Waals surface area contributed by atoms with Gasteiger partial charge in [0.2, 0.25) is 0 Å². The van der Waals surface area contributed by atoms with Gasteiger partial charge < -0.3 is 14.6 Å². The molecule has 8 nitrogen and oxygen atoms in total. The monoisotopic (exact) mass is 505 g/mol. The molecule has 36 heavy (non-hydrogen) atoms. The van der Waals surface area contributed by atoms with Crippen LogP contribution in [0.3, 0.4) is 0 Å². The molecular weight excluding hydrogens is 478 g/mol. The Labute approximate surface area is 212 Å². The first-order valence-electron chi connectivity index (χ1n) is 11.7. The van der Waals surface area contributed by atoms with Crippen LogP contribution in [0.25, 0.3) is 16.6 Å². The van der Waals surface area contributed by atoms with Crippen LogP contribution in [-0.4, -0.2) is 36.1 Å². The molecule has 1 aromatic heterocycles. The number of fused-ring (bicyclic) bond motifs is 1. The number of para-hydroxylation sites is 1. The van der Waals surface area contributed by atoms with Crippen LogP contribution in [0.4, 0.5) is 11.4 Å². The minimum atomic E-state index is -1.15. The zero-order chi connectivity index (χ0) is 25.7. The number of aromatic nitrogens is 1. The van der Waals surface area contributed by atoms with Gasteiger partial charge in [0.1, 0.15) is 6.10 Å². The second-order valence-corrected chi connectivity index (χ2v) is 8.96. The van der Waals surface area contributed by atoms with Gasteiger partial charge in [-0.05, 0) is 68.1 Å². The van der Waals surface area contributed by atoms with Gasteiger partial charge in [-0.2, -0.15) is 8.42 Å². The summed E-state index contributed by atoms with van der Waals surface area (Å²) in [4.78, 5) is 13.7. The first kappa shape index (κ1) is 25.3. The molecule has 5 rings (SSSR count). The molecule has 4 aromatic rings. The van der Waals surface area contributed by atoms with Gasteiger partial charge in [0, 0.05) is 35.9 Å². The Balaban J connectivity index is 0.000000967. The lowest BCUT2D eigenvalue weighted by Gasteiger charge is -2.29. The van der Waals surface area contributed by atoms with Crippen molar-refractivity contribution in [3.63, 3.8) is 0 Å². The lowest BCUT2D eigenvalue weighted by atomic mass is 10.0. The molecule has 1 saturated heterocycles. The molecule has 9 heteroatoms. The molecule has 0 saturated carbocycles. The highest BCUT2D eigenvalue weighted by Crippen LogP contribution is 2.37. The predicted molar refractivity (Wildman–Crippen MR) is 140 cm³/mol. The van der Waals surface area contributed by atoms with Crippen molar-refractivity contribution in [2.45, 2.75) is 32.3 Å². The maximum Gasteiger partial charge on any atom is 0.335 e. The third kappa shape index (κ3) is 5.22. The van der Waals surface area contributed by atoms with Crippen LogP contribution < -0.4 is 4.90 Å². The van der Waals surface area contributed by atoms with Crippen molar-refractivity contribution >= 4 is 33.8 Å². The van der Waals surface area contributed by atoms with E-state index in [0.717, 1.165) is 53.8 Å². The number of aryl methyl sites for hydroxylation is 1. The predicted octanol–water partition coefficient (Wildman–Crippen LogP) is 5.25. The standard InChI is InChI=1S/C27H27N3O3.O2S/c1-19-10-11-20-17-26(29(25(20)16-19)21-8-4-2-5-9-21)27(31)23-18-22(12-13-24(23)30(32)33)28-14-6-3-7-15-28;1-3-2/h2,4-5,8-13,16-18,27,31H,3,6-7,14-15H2,1H3;. The van der Waals surface area contributed by atoms with Crippen molar-refractivity contribution in [3.8, 4) is 5.69 Å². The minimum absolute atomic E-state index is 0.0655. The van der Waals surface area contributed by atoms with Crippen molar-refractivity contribution in [2.75, 3.05) is 18.0 Å². The summed E-state index contributed by atoms with van der Waals surface area (Å²) in [6.45, 7) is 3.89. The molecule has 1 N–H and O–H groups in total. The lowest BCUT2D eigenvalue weighted by molar-refractivity contribution is -0.386. The largest absolute Gasteiger partial charge is 0.382 e. The Kier molecular flexibility index (Phi) is 7.92. The number of hydrogen-bond donors (Lipinski definition) is 1. The molecule has 3 aromatic carbocycles. The number of nitrogens with zero attached hydrogens (tertiary/aromatic N) is 3. The van der Waals surface area contributed by atoms with Gasteiger partial charge in [0.15, 0.2) is 0 Å². The zero-order valence-corrected chi connectivity index (χ0v) is 20.7. The molecule has 1 atom stereocenters. The van der Waals surface area contributed by atoms with Crippen LogP contribution in [0.15, 0.2) is 72.8 Å². The van der Waals surface area contributed by atoms with Crippen LogP contribution in [0, 0.1) is 17.0 Å². The van der Waals surface area contributed by atoms with E-state index in [9.17, 15) is 15.2 Å². The smallest absolute Gasteiger partial charge is 0.335 e. The molecule has 1 aliphatic heterocycles. The fraction of sp³-hybridized carbons (Fsp3) is 0.259. The SMILES string of the molecule is Cc1ccc2cc(C(O)c3cc(N4CCCCC4)ccc3[N+](=O)[O-])n(-c3ccccc3)c2c1.O=S=O. The summed E-state index contributed by atoms with van der Waals surface area (Å²) < 4.78 is 18.6. The zero-order valence-electron chi connectivity index (χ0n) is 19.9. The van der Waals surface area contributed by atoms with Crippen LogP contribution in [0.1, 0.15) is 42.2 Å². The highest BCUT2D eigenvalue weighted by Gasteiger charge is 2.27. The van der Waals surface area contributed by atoms with Gasteiger partial charge in [-0.15, -0.1) is 0 Å². The quantitative estimate of drug-likeness (QED) is 0.293. The van der Waals surface area contributed by atoms with Crippen molar-refractivity contribution < 1.29 is 18.4 Å². The van der Waals surface area contributed by atoms with Gasteiger partial charge in [0.25, 0.3) is 5.69 Å². The summed E-state index contributed by atoms with van der Waals surface area (Å²) in [5, 5.41) is 24.5. The number of benzene rings is 3. The Morgan fingerprint density at radius 1 is 0.917 bits per heavy atom. The Bertz CT molecular complexity index is 1410. The van der Waals surface area contributed by atoms with E-state index in [2.05, 4.69) is 11.0 Å². The summed E-state index contributed by atoms with van der Waals surface area (Å²) in [6, 6.07) is 23.0. The van der Waals surface area contributed by atoms with E-state index in [0.29, 0.717) is 11.3 Å². The van der Waals surface area contributed by atoms with Gasteiger partial charge in [-0.1, -0.05) is 30.3 Å². The van der Waals surface area contributed by atoms with Crippen LogP contribution >= 0.6 is 0 Å². The second kappa shape index (κ2) is 11.3. The molecule has 0 bridgehead atoms. The highest BCUT2D eigenvalue weighted by atomic mass is 32.1.